The van der Waals surface area contributed by atoms with Crippen LogP contribution in [0.15, 0.2) is 36.4 Å². The van der Waals surface area contributed by atoms with Crippen LogP contribution < -0.4 is 11.1 Å². The number of phenolic OH excluding ortho intramolecular Hbond substituents is 1. The number of fused-ring (bicyclic) bond motifs is 1. The lowest BCUT2D eigenvalue weighted by Gasteiger charge is -2.18. The van der Waals surface area contributed by atoms with E-state index < -0.39 is 0 Å². The van der Waals surface area contributed by atoms with Gasteiger partial charge >= 0.3 is 0 Å². The number of benzene rings is 2. The summed E-state index contributed by atoms with van der Waals surface area (Å²) in [6, 6.07) is 10.1. The summed E-state index contributed by atoms with van der Waals surface area (Å²) in [5.74, 6) is 1.38. The number of halogens is 2. The lowest BCUT2D eigenvalue weighted by atomic mass is 10.1. The van der Waals surface area contributed by atoms with E-state index in [4.69, 9.17) is 28.9 Å². The van der Waals surface area contributed by atoms with Crippen molar-refractivity contribution in [3.05, 3.63) is 46.4 Å². The molecule has 0 unspecified atom stereocenters. The maximum atomic E-state index is 10.2. The number of aromatic nitrogens is 2. The van der Waals surface area contributed by atoms with Crippen LogP contribution in [0.4, 0.5) is 5.82 Å². The van der Waals surface area contributed by atoms with E-state index in [9.17, 15) is 5.11 Å². The Morgan fingerprint density at radius 3 is 2.50 bits per heavy atom. The molecule has 0 radical (unpaired) electrons. The fourth-order valence-corrected chi connectivity index (χ4v) is 2.84. The molecule has 136 valence electrons. The van der Waals surface area contributed by atoms with Gasteiger partial charge in [-0.1, -0.05) is 37.0 Å². The minimum atomic E-state index is -0.0257. The fraction of sp³-hybridized carbons (Fsp3) is 0.263. The first kappa shape index (κ1) is 18.7. The topological polar surface area (TPSA) is 84.1 Å². The minimum absolute atomic E-state index is 0.0257. The van der Waals surface area contributed by atoms with Gasteiger partial charge in [-0.3, -0.25) is 0 Å². The second kappa shape index (κ2) is 7.66. The van der Waals surface area contributed by atoms with Crippen LogP contribution in [-0.2, 0) is 0 Å². The lowest BCUT2D eigenvalue weighted by Crippen LogP contribution is -2.34. The highest BCUT2D eigenvalue weighted by Gasteiger charge is 2.15. The summed E-state index contributed by atoms with van der Waals surface area (Å²) in [5.41, 5.74) is 7.31. The highest BCUT2D eigenvalue weighted by Crippen LogP contribution is 2.33. The van der Waals surface area contributed by atoms with Crippen LogP contribution in [0.25, 0.3) is 22.3 Å². The largest absolute Gasteiger partial charge is 0.507 e. The summed E-state index contributed by atoms with van der Waals surface area (Å²) in [6.07, 6.45) is 0. The van der Waals surface area contributed by atoms with Crippen molar-refractivity contribution in [3.63, 3.8) is 0 Å². The summed E-state index contributed by atoms with van der Waals surface area (Å²) < 4.78 is 0. The minimum Gasteiger partial charge on any atom is -0.507 e. The Morgan fingerprint density at radius 1 is 1.08 bits per heavy atom. The first-order valence-corrected chi connectivity index (χ1v) is 9.06. The maximum Gasteiger partial charge on any atom is 0.165 e. The van der Waals surface area contributed by atoms with Crippen molar-refractivity contribution < 1.29 is 5.11 Å². The van der Waals surface area contributed by atoms with Gasteiger partial charge in [0.25, 0.3) is 0 Å². The molecule has 5 nitrogen and oxygen atoms in total. The van der Waals surface area contributed by atoms with Gasteiger partial charge in [0.15, 0.2) is 5.82 Å². The number of nitrogens with two attached hydrogens (primary N) is 1. The van der Waals surface area contributed by atoms with Crippen molar-refractivity contribution in [2.24, 2.45) is 11.7 Å². The zero-order chi connectivity index (χ0) is 18.8. The van der Waals surface area contributed by atoms with E-state index in [1.54, 1.807) is 18.2 Å². The van der Waals surface area contributed by atoms with E-state index in [1.807, 2.05) is 12.1 Å². The van der Waals surface area contributed by atoms with Gasteiger partial charge in [0, 0.05) is 28.0 Å². The number of aromatic hydroxyl groups is 1. The third-order valence-corrected chi connectivity index (χ3v) is 4.69. The van der Waals surface area contributed by atoms with E-state index in [0.29, 0.717) is 45.2 Å². The van der Waals surface area contributed by atoms with Crippen molar-refractivity contribution in [1.29, 1.82) is 0 Å². The van der Waals surface area contributed by atoms with Crippen LogP contribution in [-0.4, -0.2) is 27.7 Å². The molecule has 0 amide bonds. The molecule has 3 aromatic rings. The molecule has 0 saturated carbocycles. The van der Waals surface area contributed by atoms with Crippen LogP contribution in [0, 0.1) is 5.92 Å². The van der Waals surface area contributed by atoms with Crippen molar-refractivity contribution in [2.75, 3.05) is 11.9 Å². The van der Waals surface area contributed by atoms with E-state index in [-0.39, 0.29) is 11.8 Å². The van der Waals surface area contributed by atoms with Gasteiger partial charge < -0.3 is 16.2 Å². The Balaban J connectivity index is 2.11. The Kier molecular flexibility index (Phi) is 5.51. The molecule has 26 heavy (non-hydrogen) atoms. The third-order valence-electron chi connectivity index (χ3n) is 4.22. The Hall–Kier alpha value is -2.08. The first-order chi connectivity index (χ1) is 12.3. The summed E-state index contributed by atoms with van der Waals surface area (Å²) in [5, 5.41) is 15.4. The van der Waals surface area contributed by atoms with Crippen LogP contribution in [0.2, 0.25) is 10.0 Å². The van der Waals surface area contributed by atoms with Crippen LogP contribution >= 0.6 is 23.2 Å². The van der Waals surface area contributed by atoms with Crippen LogP contribution in [0.5, 0.6) is 5.75 Å². The molecule has 0 fully saturated rings. The average Bonchev–Trinajstić information content (AvgIpc) is 2.61. The summed E-state index contributed by atoms with van der Waals surface area (Å²) in [7, 11) is 0. The first-order valence-electron chi connectivity index (χ1n) is 8.31. The third kappa shape index (κ3) is 4.01. The standard InChI is InChI=1S/C19H20Cl2N4O/c1-10(2)15(22)9-23-18-13-7-11(20)3-5-16(13)24-19(25-18)14-8-12(21)4-6-17(14)26/h3-8,10,15,26H,9,22H2,1-2H3,(H,23,24,25)/t15-/m0/s1. The number of phenols is 1. The van der Waals surface area contributed by atoms with Gasteiger partial charge in [-0.05, 0) is 42.3 Å². The quantitative estimate of drug-likeness (QED) is 0.587. The second-order valence-electron chi connectivity index (χ2n) is 6.51. The van der Waals surface area contributed by atoms with E-state index in [0.717, 1.165) is 5.39 Å². The second-order valence-corrected chi connectivity index (χ2v) is 7.38. The molecule has 1 aromatic heterocycles. The molecule has 1 atom stereocenters. The van der Waals surface area contributed by atoms with Gasteiger partial charge in [0.1, 0.15) is 11.6 Å². The van der Waals surface area contributed by atoms with E-state index >= 15 is 0 Å². The van der Waals surface area contributed by atoms with Crippen LogP contribution in [0.1, 0.15) is 13.8 Å². The zero-order valence-corrected chi connectivity index (χ0v) is 16.0. The van der Waals surface area contributed by atoms with Gasteiger partial charge in [0.2, 0.25) is 0 Å². The van der Waals surface area contributed by atoms with E-state index in [2.05, 4.69) is 29.1 Å². The molecule has 0 bridgehead atoms. The normalized spacial score (nSPS) is 12.5. The zero-order valence-electron chi connectivity index (χ0n) is 14.5. The molecule has 2 aromatic carbocycles. The molecule has 7 heteroatoms. The number of rotatable bonds is 5. The van der Waals surface area contributed by atoms with Crippen molar-refractivity contribution in [3.8, 4) is 17.1 Å². The van der Waals surface area contributed by atoms with Crippen molar-refractivity contribution >= 4 is 39.9 Å². The Morgan fingerprint density at radius 2 is 1.77 bits per heavy atom. The predicted molar refractivity (Wildman–Crippen MR) is 108 cm³/mol. The highest BCUT2D eigenvalue weighted by molar-refractivity contribution is 6.31. The van der Waals surface area contributed by atoms with Gasteiger partial charge in [-0.15, -0.1) is 0 Å². The van der Waals surface area contributed by atoms with Crippen molar-refractivity contribution in [1.82, 2.24) is 9.97 Å². The maximum absolute atomic E-state index is 10.2. The number of anilines is 1. The number of hydrogen-bond donors (Lipinski definition) is 3. The number of nitrogens with zero attached hydrogens (tertiary/aromatic N) is 2. The van der Waals surface area contributed by atoms with Gasteiger partial charge in [-0.2, -0.15) is 0 Å². The summed E-state index contributed by atoms with van der Waals surface area (Å²) >= 11 is 12.2. The molecule has 1 heterocycles. The SMILES string of the molecule is CC(C)[C@@H](N)CNc1nc(-c2cc(Cl)ccc2O)nc2ccc(Cl)cc12. The molecular weight excluding hydrogens is 371 g/mol. The highest BCUT2D eigenvalue weighted by atomic mass is 35.5. The monoisotopic (exact) mass is 390 g/mol. The fourth-order valence-electron chi connectivity index (χ4n) is 2.49. The number of nitrogens with one attached hydrogen (secondary N) is 1. The average molecular weight is 391 g/mol. The van der Waals surface area contributed by atoms with Gasteiger partial charge in [-0.25, -0.2) is 9.97 Å². The summed E-state index contributed by atoms with van der Waals surface area (Å²) in [6.45, 7) is 4.69. The molecule has 0 aliphatic rings. The Labute approximate surface area is 162 Å². The number of hydrogen-bond acceptors (Lipinski definition) is 5. The van der Waals surface area contributed by atoms with Crippen LogP contribution in [0.3, 0.4) is 0 Å². The summed E-state index contributed by atoms with van der Waals surface area (Å²) in [4.78, 5) is 9.14. The molecule has 3 rings (SSSR count). The molecule has 0 aliphatic heterocycles. The molecular formula is C19H20Cl2N4O. The predicted octanol–water partition coefficient (Wildman–Crippen LogP) is 4.70. The van der Waals surface area contributed by atoms with Crippen molar-refractivity contribution in [2.45, 2.75) is 19.9 Å². The molecule has 0 aliphatic carbocycles. The molecule has 4 N–H and O–H groups in total. The molecule has 0 spiro atoms. The lowest BCUT2D eigenvalue weighted by molar-refractivity contribution is 0.477. The van der Waals surface area contributed by atoms with Gasteiger partial charge in [0.05, 0.1) is 11.1 Å². The Bertz CT molecular complexity index is 946. The van der Waals surface area contributed by atoms with E-state index in [1.165, 1.54) is 6.07 Å². The molecule has 0 saturated heterocycles. The smallest absolute Gasteiger partial charge is 0.165 e.